The molecule has 1 aliphatic rings. The molecular formula is C25H31N3O4. The summed E-state index contributed by atoms with van der Waals surface area (Å²) in [5.41, 5.74) is 4.69. The lowest BCUT2D eigenvalue weighted by Crippen LogP contribution is -2.43. The second-order valence-corrected chi connectivity index (χ2v) is 8.29. The summed E-state index contributed by atoms with van der Waals surface area (Å²) in [6, 6.07) is 13.4. The number of hydrogen-bond donors (Lipinski definition) is 1. The van der Waals surface area contributed by atoms with Crippen molar-refractivity contribution in [2.75, 3.05) is 43.6 Å². The molecule has 0 spiro atoms. The zero-order chi connectivity index (χ0) is 23.3. The number of methoxy groups -OCH3 is 1. The Morgan fingerprint density at radius 3 is 2.53 bits per heavy atom. The van der Waals surface area contributed by atoms with E-state index in [0.29, 0.717) is 13.2 Å². The summed E-state index contributed by atoms with van der Waals surface area (Å²) in [4.78, 5) is 41.7. The minimum absolute atomic E-state index is 0.0845. The fraction of sp³-hybridized carbons (Fsp3) is 0.400. The fourth-order valence-corrected chi connectivity index (χ4v) is 3.82. The number of carbonyl (C=O) groups is 3. The Labute approximate surface area is 189 Å². The van der Waals surface area contributed by atoms with Crippen molar-refractivity contribution < 1.29 is 19.1 Å². The molecule has 0 aliphatic carbocycles. The SMILES string of the molecule is COCCN(CC(=O)Nc1cccc(C)c1C)C(=O)[C@H]1CC(=O)N(c2ccc(C)cc2)C1. The number of carbonyl (C=O) groups excluding carboxylic acids is 3. The minimum Gasteiger partial charge on any atom is -0.383 e. The van der Waals surface area contributed by atoms with Crippen LogP contribution >= 0.6 is 0 Å². The molecule has 3 amide bonds. The molecule has 7 heteroatoms. The van der Waals surface area contributed by atoms with Gasteiger partial charge in [0.15, 0.2) is 0 Å². The topological polar surface area (TPSA) is 79.0 Å². The number of benzene rings is 2. The second kappa shape index (κ2) is 10.4. The quantitative estimate of drug-likeness (QED) is 0.688. The summed E-state index contributed by atoms with van der Waals surface area (Å²) in [6.07, 6.45) is 0.134. The van der Waals surface area contributed by atoms with Gasteiger partial charge in [-0.25, -0.2) is 0 Å². The molecule has 0 unspecified atom stereocenters. The van der Waals surface area contributed by atoms with E-state index in [-0.39, 0.29) is 37.2 Å². The van der Waals surface area contributed by atoms with Gasteiger partial charge < -0.3 is 19.9 Å². The van der Waals surface area contributed by atoms with Gasteiger partial charge in [0.25, 0.3) is 0 Å². The molecule has 0 saturated carbocycles. The van der Waals surface area contributed by atoms with Gasteiger partial charge in [-0.15, -0.1) is 0 Å². The van der Waals surface area contributed by atoms with Crippen LogP contribution in [0.5, 0.6) is 0 Å². The van der Waals surface area contributed by atoms with Crippen LogP contribution in [0.15, 0.2) is 42.5 Å². The van der Waals surface area contributed by atoms with E-state index in [0.717, 1.165) is 28.1 Å². The Kier molecular flexibility index (Phi) is 7.64. The highest BCUT2D eigenvalue weighted by molar-refractivity contribution is 6.01. The summed E-state index contributed by atoms with van der Waals surface area (Å²) in [5.74, 6) is -1.06. The Balaban J connectivity index is 1.69. The molecule has 0 aromatic heterocycles. The predicted octanol–water partition coefficient (Wildman–Crippen LogP) is 3.08. The summed E-state index contributed by atoms with van der Waals surface area (Å²) in [7, 11) is 1.55. The molecule has 0 bridgehead atoms. The van der Waals surface area contributed by atoms with Crippen molar-refractivity contribution in [1.29, 1.82) is 0 Å². The zero-order valence-electron chi connectivity index (χ0n) is 19.2. The van der Waals surface area contributed by atoms with Crippen LogP contribution in [0.2, 0.25) is 0 Å². The van der Waals surface area contributed by atoms with Gasteiger partial charge in [0.05, 0.1) is 19.1 Å². The minimum atomic E-state index is -0.492. The Hall–Kier alpha value is -3.19. The molecule has 7 nitrogen and oxygen atoms in total. The van der Waals surface area contributed by atoms with Crippen molar-refractivity contribution in [2.24, 2.45) is 5.92 Å². The van der Waals surface area contributed by atoms with Gasteiger partial charge in [-0.2, -0.15) is 0 Å². The smallest absolute Gasteiger partial charge is 0.244 e. The van der Waals surface area contributed by atoms with Crippen molar-refractivity contribution in [3.8, 4) is 0 Å². The summed E-state index contributed by atoms with van der Waals surface area (Å²) in [6.45, 7) is 6.72. The molecule has 32 heavy (non-hydrogen) atoms. The molecule has 0 radical (unpaired) electrons. The highest BCUT2D eigenvalue weighted by Crippen LogP contribution is 2.27. The molecule has 2 aromatic rings. The average Bonchev–Trinajstić information content (AvgIpc) is 3.16. The highest BCUT2D eigenvalue weighted by atomic mass is 16.5. The third-order valence-electron chi connectivity index (χ3n) is 5.91. The van der Waals surface area contributed by atoms with Crippen LogP contribution in [0.25, 0.3) is 0 Å². The molecular weight excluding hydrogens is 406 g/mol. The maximum atomic E-state index is 13.2. The Morgan fingerprint density at radius 2 is 1.84 bits per heavy atom. The largest absolute Gasteiger partial charge is 0.383 e. The number of hydrogen-bond acceptors (Lipinski definition) is 4. The van der Waals surface area contributed by atoms with E-state index in [9.17, 15) is 14.4 Å². The van der Waals surface area contributed by atoms with Gasteiger partial charge in [-0.3, -0.25) is 14.4 Å². The number of anilines is 2. The number of nitrogens with zero attached hydrogens (tertiary/aromatic N) is 2. The van der Waals surface area contributed by atoms with Gasteiger partial charge >= 0.3 is 0 Å². The molecule has 1 atom stereocenters. The van der Waals surface area contributed by atoms with E-state index >= 15 is 0 Å². The van der Waals surface area contributed by atoms with Crippen LogP contribution in [0.1, 0.15) is 23.1 Å². The summed E-state index contributed by atoms with van der Waals surface area (Å²) in [5, 5.41) is 2.90. The lowest BCUT2D eigenvalue weighted by Gasteiger charge is -2.25. The first-order chi connectivity index (χ1) is 15.3. The van der Waals surface area contributed by atoms with Gasteiger partial charge in [0.2, 0.25) is 17.7 Å². The predicted molar refractivity (Wildman–Crippen MR) is 125 cm³/mol. The van der Waals surface area contributed by atoms with Crippen LogP contribution < -0.4 is 10.2 Å². The first-order valence-electron chi connectivity index (χ1n) is 10.8. The number of aryl methyl sites for hydroxylation is 2. The van der Waals surface area contributed by atoms with E-state index in [1.165, 1.54) is 4.90 Å². The van der Waals surface area contributed by atoms with Crippen LogP contribution in [0.3, 0.4) is 0 Å². The van der Waals surface area contributed by atoms with Crippen molar-refractivity contribution >= 4 is 29.1 Å². The molecule has 2 aromatic carbocycles. The van der Waals surface area contributed by atoms with Crippen LogP contribution in [-0.2, 0) is 19.1 Å². The maximum Gasteiger partial charge on any atom is 0.244 e. The van der Waals surface area contributed by atoms with Gasteiger partial charge in [0, 0.05) is 38.0 Å². The molecule has 1 aliphatic heterocycles. The standard InChI is InChI=1S/C25H31N3O4/c1-17-8-10-21(11-9-17)28-15-20(14-24(28)30)25(31)27(12-13-32-4)16-23(29)26-22-7-5-6-18(2)19(22)3/h5-11,20H,12-16H2,1-4H3,(H,26,29)/t20-/m0/s1. The first kappa shape index (κ1) is 23.5. The lowest BCUT2D eigenvalue weighted by atomic mass is 10.1. The molecule has 1 fully saturated rings. The Bertz CT molecular complexity index is 987. The van der Waals surface area contributed by atoms with Crippen LogP contribution in [0.4, 0.5) is 11.4 Å². The number of ether oxygens (including phenoxy) is 1. The van der Waals surface area contributed by atoms with Crippen molar-refractivity contribution in [2.45, 2.75) is 27.2 Å². The second-order valence-electron chi connectivity index (χ2n) is 8.29. The van der Waals surface area contributed by atoms with Crippen LogP contribution in [-0.4, -0.2) is 56.0 Å². The van der Waals surface area contributed by atoms with E-state index in [4.69, 9.17) is 4.74 Å². The third kappa shape index (κ3) is 5.53. The Morgan fingerprint density at radius 1 is 1.12 bits per heavy atom. The van der Waals surface area contributed by atoms with Crippen molar-refractivity contribution in [3.05, 3.63) is 59.2 Å². The number of rotatable bonds is 8. The van der Waals surface area contributed by atoms with Crippen molar-refractivity contribution in [1.82, 2.24) is 4.90 Å². The molecule has 170 valence electrons. The van der Waals surface area contributed by atoms with E-state index in [2.05, 4.69) is 5.32 Å². The highest BCUT2D eigenvalue weighted by Gasteiger charge is 2.37. The molecule has 3 rings (SSSR count). The van der Waals surface area contributed by atoms with E-state index < -0.39 is 5.92 Å². The monoisotopic (exact) mass is 437 g/mol. The van der Waals surface area contributed by atoms with Crippen LogP contribution in [0, 0.1) is 26.7 Å². The number of amides is 3. The van der Waals surface area contributed by atoms with Gasteiger partial charge in [-0.1, -0.05) is 29.8 Å². The number of nitrogens with one attached hydrogen (secondary N) is 1. The lowest BCUT2D eigenvalue weighted by molar-refractivity contribution is -0.139. The summed E-state index contributed by atoms with van der Waals surface area (Å²) >= 11 is 0. The maximum absolute atomic E-state index is 13.2. The summed E-state index contributed by atoms with van der Waals surface area (Å²) < 4.78 is 5.14. The molecule has 1 heterocycles. The zero-order valence-corrected chi connectivity index (χ0v) is 19.2. The molecule has 1 saturated heterocycles. The third-order valence-corrected chi connectivity index (χ3v) is 5.91. The normalized spacial score (nSPS) is 15.7. The first-order valence-corrected chi connectivity index (χ1v) is 10.8. The van der Waals surface area contributed by atoms with Gasteiger partial charge in [0.1, 0.15) is 0 Å². The van der Waals surface area contributed by atoms with E-state index in [1.807, 2.05) is 63.2 Å². The average molecular weight is 438 g/mol. The fourth-order valence-electron chi connectivity index (χ4n) is 3.82. The van der Waals surface area contributed by atoms with Gasteiger partial charge in [-0.05, 0) is 50.1 Å². The molecule has 1 N–H and O–H groups in total. The van der Waals surface area contributed by atoms with E-state index in [1.54, 1.807) is 12.0 Å². The van der Waals surface area contributed by atoms with Crippen molar-refractivity contribution in [3.63, 3.8) is 0 Å².